The van der Waals surface area contributed by atoms with E-state index in [0.29, 0.717) is 11.8 Å². The van der Waals surface area contributed by atoms with Gasteiger partial charge < -0.3 is 14.7 Å². The molecule has 2 amide bonds. The van der Waals surface area contributed by atoms with Gasteiger partial charge in [-0.3, -0.25) is 9.59 Å². The maximum absolute atomic E-state index is 12.6. The number of hydrogen-bond donors (Lipinski definition) is 0. The lowest BCUT2D eigenvalue weighted by molar-refractivity contribution is -0.141. The normalized spacial score (nSPS) is 30.6. The topological polar surface area (TPSA) is 43.9 Å². The Balaban J connectivity index is 1.46. The summed E-state index contributed by atoms with van der Waals surface area (Å²) >= 11 is 0. The Bertz CT molecular complexity index is 404. The molecule has 3 aliphatic rings. The van der Waals surface area contributed by atoms with E-state index in [2.05, 4.69) is 11.9 Å². The average Bonchev–Trinajstić information content (AvgIpc) is 3.09. The highest BCUT2D eigenvalue weighted by Gasteiger charge is 2.34. The van der Waals surface area contributed by atoms with Crippen molar-refractivity contribution in [1.29, 1.82) is 0 Å². The minimum atomic E-state index is 0.158. The van der Waals surface area contributed by atoms with Gasteiger partial charge >= 0.3 is 0 Å². The third-order valence-corrected chi connectivity index (χ3v) is 5.66. The van der Waals surface area contributed by atoms with Gasteiger partial charge in [-0.25, -0.2) is 0 Å². The van der Waals surface area contributed by atoms with Crippen LogP contribution in [0.1, 0.15) is 38.5 Å². The van der Waals surface area contributed by atoms with Crippen molar-refractivity contribution in [3.63, 3.8) is 0 Å². The molecule has 3 fully saturated rings. The number of likely N-dealkylation sites (tertiary alicyclic amines) is 1. The summed E-state index contributed by atoms with van der Waals surface area (Å²) in [6, 6.07) is 0. The molecule has 22 heavy (non-hydrogen) atoms. The summed E-state index contributed by atoms with van der Waals surface area (Å²) in [6.45, 7) is 5.57. The molecule has 0 spiro atoms. The first-order valence-corrected chi connectivity index (χ1v) is 8.91. The van der Waals surface area contributed by atoms with Crippen molar-refractivity contribution in [2.24, 2.45) is 11.8 Å². The molecule has 0 aromatic rings. The molecule has 5 nitrogen and oxygen atoms in total. The second-order valence-electron chi connectivity index (χ2n) is 7.21. The first-order chi connectivity index (χ1) is 10.6. The van der Waals surface area contributed by atoms with E-state index in [4.69, 9.17) is 0 Å². The molecule has 0 atom stereocenters. The zero-order valence-electron chi connectivity index (χ0n) is 13.8. The number of hydrogen-bond acceptors (Lipinski definition) is 3. The lowest BCUT2D eigenvalue weighted by Gasteiger charge is -2.36. The van der Waals surface area contributed by atoms with Crippen LogP contribution in [0.25, 0.3) is 0 Å². The maximum Gasteiger partial charge on any atom is 0.225 e. The molecule has 2 saturated heterocycles. The lowest BCUT2D eigenvalue weighted by Crippen LogP contribution is -2.49. The van der Waals surface area contributed by atoms with Gasteiger partial charge in [-0.1, -0.05) is 0 Å². The van der Waals surface area contributed by atoms with E-state index in [9.17, 15) is 9.59 Å². The Morgan fingerprint density at radius 3 is 1.55 bits per heavy atom. The van der Waals surface area contributed by atoms with E-state index in [1.165, 1.54) is 0 Å². The molecular weight excluding hydrogens is 278 g/mol. The zero-order valence-corrected chi connectivity index (χ0v) is 13.8. The van der Waals surface area contributed by atoms with E-state index < -0.39 is 0 Å². The Kier molecular flexibility index (Phi) is 5.01. The molecule has 2 heterocycles. The van der Waals surface area contributed by atoms with Gasteiger partial charge in [0.05, 0.1) is 0 Å². The summed E-state index contributed by atoms with van der Waals surface area (Å²) in [4.78, 5) is 31.4. The van der Waals surface area contributed by atoms with Crippen LogP contribution in [0.3, 0.4) is 0 Å². The summed E-state index contributed by atoms with van der Waals surface area (Å²) in [7, 11) is 2.11. The number of nitrogens with zero attached hydrogens (tertiary/aromatic N) is 3. The molecule has 1 saturated carbocycles. The number of rotatable bonds is 2. The fourth-order valence-corrected chi connectivity index (χ4v) is 4.07. The van der Waals surface area contributed by atoms with E-state index in [1.807, 2.05) is 9.80 Å². The van der Waals surface area contributed by atoms with Crippen LogP contribution in [0, 0.1) is 11.8 Å². The van der Waals surface area contributed by atoms with Crippen LogP contribution in [0.2, 0.25) is 0 Å². The third-order valence-electron chi connectivity index (χ3n) is 5.66. The van der Waals surface area contributed by atoms with Crippen LogP contribution in [0.15, 0.2) is 0 Å². The van der Waals surface area contributed by atoms with Crippen molar-refractivity contribution < 1.29 is 9.59 Å². The minimum absolute atomic E-state index is 0.158. The molecule has 3 rings (SSSR count). The van der Waals surface area contributed by atoms with E-state index in [0.717, 1.165) is 77.8 Å². The smallest absolute Gasteiger partial charge is 0.225 e. The van der Waals surface area contributed by atoms with Crippen molar-refractivity contribution in [1.82, 2.24) is 14.7 Å². The zero-order chi connectivity index (χ0) is 15.5. The molecule has 124 valence electrons. The molecule has 0 bridgehead atoms. The van der Waals surface area contributed by atoms with Gasteiger partial charge in [0, 0.05) is 51.1 Å². The Labute approximate surface area is 133 Å². The van der Waals surface area contributed by atoms with E-state index in [1.54, 1.807) is 0 Å². The van der Waals surface area contributed by atoms with Gasteiger partial charge in [0.15, 0.2) is 0 Å². The van der Waals surface area contributed by atoms with Crippen molar-refractivity contribution in [3.05, 3.63) is 0 Å². The van der Waals surface area contributed by atoms with Gasteiger partial charge in [0.1, 0.15) is 0 Å². The second-order valence-corrected chi connectivity index (χ2v) is 7.21. The monoisotopic (exact) mass is 307 g/mol. The van der Waals surface area contributed by atoms with E-state index in [-0.39, 0.29) is 11.8 Å². The van der Waals surface area contributed by atoms with Gasteiger partial charge in [-0.2, -0.15) is 0 Å². The third kappa shape index (κ3) is 3.45. The highest BCUT2D eigenvalue weighted by Crippen LogP contribution is 2.32. The predicted octanol–water partition coefficient (Wildman–Crippen LogP) is 1.19. The summed E-state index contributed by atoms with van der Waals surface area (Å²) in [5.74, 6) is 1.02. The molecule has 5 heteroatoms. The van der Waals surface area contributed by atoms with E-state index >= 15 is 0 Å². The molecule has 0 unspecified atom stereocenters. The molecule has 0 radical (unpaired) electrons. The molecule has 1 aliphatic carbocycles. The number of amides is 2. The number of carbonyl (C=O) groups is 2. The standard InChI is InChI=1S/C17H29N3O2/c1-18-10-12-20(13-11-18)17(22)15-6-4-14(5-7-15)16(21)19-8-2-3-9-19/h14-15H,2-13H2,1H3. The quantitative estimate of drug-likeness (QED) is 0.770. The first kappa shape index (κ1) is 15.8. The van der Waals surface area contributed by atoms with Crippen LogP contribution in [0.4, 0.5) is 0 Å². The van der Waals surface area contributed by atoms with Crippen LogP contribution in [-0.4, -0.2) is 72.8 Å². The fraction of sp³-hybridized carbons (Fsp3) is 0.882. The first-order valence-electron chi connectivity index (χ1n) is 8.91. The second kappa shape index (κ2) is 6.99. The minimum Gasteiger partial charge on any atom is -0.342 e. The molecular formula is C17H29N3O2. The summed E-state index contributed by atoms with van der Waals surface area (Å²) in [5, 5.41) is 0. The molecule has 0 N–H and O–H groups in total. The van der Waals surface area contributed by atoms with Crippen molar-refractivity contribution in [3.8, 4) is 0 Å². The Hall–Kier alpha value is -1.10. The van der Waals surface area contributed by atoms with Gasteiger partial charge in [-0.05, 0) is 45.6 Å². The van der Waals surface area contributed by atoms with Gasteiger partial charge in [0.25, 0.3) is 0 Å². The SMILES string of the molecule is CN1CCN(C(=O)C2CCC(C(=O)N3CCCC3)CC2)CC1. The maximum atomic E-state index is 12.6. The van der Waals surface area contributed by atoms with Crippen molar-refractivity contribution in [2.75, 3.05) is 46.3 Å². The Morgan fingerprint density at radius 2 is 1.09 bits per heavy atom. The predicted molar refractivity (Wildman–Crippen MR) is 85.3 cm³/mol. The van der Waals surface area contributed by atoms with Gasteiger partial charge in [-0.15, -0.1) is 0 Å². The number of carbonyl (C=O) groups excluding carboxylic acids is 2. The fourth-order valence-electron chi connectivity index (χ4n) is 4.07. The van der Waals surface area contributed by atoms with Crippen LogP contribution in [-0.2, 0) is 9.59 Å². The highest BCUT2D eigenvalue weighted by atomic mass is 16.2. The summed E-state index contributed by atoms with van der Waals surface area (Å²) < 4.78 is 0. The molecule has 0 aromatic carbocycles. The summed E-state index contributed by atoms with van der Waals surface area (Å²) in [6.07, 6.45) is 5.91. The largest absolute Gasteiger partial charge is 0.342 e. The van der Waals surface area contributed by atoms with Crippen LogP contribution >= 0.6 is 0 Å². The van der Waals surface area contributed by atoms with Crippen molar-refractivity contribution >= 4 is 11.8 Å². The van der Waals surface area contributed by atoms with Crippen LogP contribution in [0.5, 0.6) is 0 Å². The van der Waals surface area contributed by atoms with Crippen molar-refractivity contribution in [2.45, 2.75) is 38.5 Å². The number of piperazine rings is 1. The highest BCUT2D eigenvalue weighted by molar-refractivity contribution is 5.81. The van der Waals surface area contributed by atoms with Gasteiger partial charge in [0.2, 0.25) is 11.8 Å². The molecule has 0 aromatic heterocycles. The molecule has 2 aliphatic heterocycles. The summed E-state index contributed by atoms with van der Waals surface area (Å²) in [5.41, 5.74) is 0. The average molecular weight is 307 g/mol. The van der Waals surface area contributed by atoms with Crippen LogP contribution < -0.4 is 0 Å². The Morgan fingerprint density at radius 1 is 0.682 bits per heavy atom. The lowest BCUT2D eigenvalue weighted by atomic mass is 9.80. The number of likely N-dealkylation sites (N-methyl/N-ethyl adjacent to an activating group) is 1.